The second-order valence-corrected chi connectivity index (χ2v) is 13.6. The van der Waals surface area contributed by atoms with E-state index in [1.807, 2.05) is 0 Å². The van der Waals surface area contributed by atoms with Crippen molar-refractivity contribution in [2.24, 2.45) is 10.9 Å². The van der Waals surface area contributed by atoms with Crippen LogP contribution in [-0.2, 0) is 0 Å². The molecule has 0 amide bonds. The number of hydrogen-bond acceptors (Lipinski definition) is 4. The quantitative estimate of drug-likeness (QED) is 0.194. The normalized spacial score (nSPS) is 20.5. The molecule has 7 aromatic rings. The molecule has 4 nitrogen and oxygen atoms in total. The van der Waals surface area contributed by atoms with Crippen LogP contribution in [0.15, 0.2) is 179 Å². The van der Waals surface area contributed by atoms with Crippen molar-refractivity contribution in [1.82, 2.24) is 10.6 Å². The van der Waals surface area contributed by atoms with Gasteiger partial charge >= 0.3 is 0 Å². The Morgan fingerprint density at radius 2 is 1.31 bits per heavy atom. The molecule has 51 heavy (non-hydrogen) atoms. The summed E-state index contributed by atoms with van der Waals surface area (Å²) in [5.74, 6) is 2.30. The Balaban J connectivity index is 1.14. The molecule has 0 saturated carbocycles. The van der Waals surface area contributed by atoms with Crippen molar-refractivity contribution in [2.75, 3.05) is 0 Å². The maximum atomic E-state index is 6.88. The predicted octanol–water partition coefficient (Wildman–Crippen LogP) is 11.1. The van der Waals surface area contributed by atoms with E-state index >= 15 is 0 Å². The number of nitrogens with one attached hydrogen (secondary N) is 2. The predicted molar refractivity (Wildman–Crippen MR) is 209 cm³/mol. The molecule has 0 radical (unpaired) electrons. The second-order valence-electron chi connectivity index (χ2n) is 13.6. The van der Waals surface area contributed by atoms with Gasteiger partial charge in [-0.3, -0.25) is 5.32 Å². The minimum atomic E-state index is -0.236. The second kappa shape index (κ2) is 12.3. The van der Waals surface area contributed by atoms with Crippen LogP contribution in [0.1, 0.15) is 46.3 Å². The van der Waals surface area contributed by atoms with Crippen LogP contribution in [0.5, 0.6) is 0 Å². The van der Waals surface area contributed by atoms with Gasteiger partial charge in [-0.05, 0) is 56.3 Å². The Morgan fingerprint density at radius 3 is 2.16 bits per heavy atom. The fourth-order valence-electron chi connectivity index (χ4n) is 7.95. The highest BCUT2D eigenvalue weighted by Gasteiger charge is 2.32. The molecule has 2 N–H and O–H groups in total. The first kappa shape index (κ1) is 29.7. The Bertz CT molecular complexity index is 2540. The van der Waals surface area contributed by atoms with Crippen LogP contribution in [0.3, 0.4) is 0 Å². The molecule has 4 atom stereocenters. The lowest BCUT2D eigenvalue weighted by molar-refractivity contribution is 0.409. The Morgan fingerprint density at radius 1 is 0.588 bits per heavy atom. The van der Waals surface area contributed by atoms with Crippen LogP contribution in [0.4, 0.5) is 0 Å². The summed E-state index contributed by atoms with van der Waals surface area (Å²) in [6.45, 7) is 0. The first-order valence-corrected chi connectivity index (χ1v) is 17.7. The number of allylic oxidation sites excluding steroid dienone is 5. The SMILES string of the molecule is C1=CC2C=Cc3c(oc4cc(-c5ccc(-c6cccc7ccccc67)cc5)cc(C5=NC(c6ccccc6)NC(c6ccccc6)N5)c34)C2C=C1. The Kier molecular flexibility index (Phi) is 7.14. The van der Waals surface area contributed by atoms with Crippen molar-refractivity contribution in [3.8, 4) is 22.3 Å². The molecule has 6 aromatic carbocycles. The van der Waals surface area contributed by atoms with Crippen LogP contribution < -0.4 is 10.6 Å². The fraction of sp³-hybridized carbons (Fsp3) is 0.0851. The van der Waals surface area contributed by atoms with Crippen molar-refractivity contribution >= 4 is 33.7 Å². The molecule has 1 aliphatic heterocycles. The van der Waals surface area contributed by atoms with Gasteiger partial charge in [0, 0.05) is 28.3 Å². The first-order valence-electron chi connectivity index (χ1n) is 17.7. The van der Waals surface area contributed by atoms with Crippen LogP contribution in [0, 0.1) is 5.92 Å². The zero-order valence-electron chi connectivity index (χ0n) is 27.9. The van der Waals surface area contributed by atoms with Gasteiger partial charge in [0.15, 0.2) is 0 Å². The summed E-state index contributed by atoms with van der Waals surface area (Å²) in [5.41, 5.74) is 9.94. The highest BCUT2D eigenvalue weighted by Crippen LogP contribution is 2.45. The van der Waals surface area contributed by atoms with Gasteiger partial charge in [0.05, 0.1) is 0 Å². The molecule has 4 unspecified atom stereocenters. The summed E-state index contributed by atoms with van der Waals surface area (Å²) < 4.78 is 6.88. The van der Waals surface area contributed by atoms with Crippen LogP contribution in [0.25, 0.3) is 50.1 Å². The van der Waals surface area contributed by atoms with Crippen molar-refractivity contribution in [1.29, 1.82) is 0 Å². The zero-order valence-corrected chi connectivity index (χ0v) is 27.9. The summed E-state index contributed by atoms with van der Waals surface area (Å²) in [5, 5.41) is 11.1. The van der Waals surface area contributed by atoms with Crippen LogP contribution in [0.2, 0.25) is 0 Å². The number of rotatable bonds is 5. The standard InChI is InChI=1S/C47H35N3O/c1-3-14-34(15-4-1)45-48-46(35-16-5-2-6-17-35)50-47(49-45)41-28-36(29-42-43(41)40-27-26-32-13-8-10-20-39(32)44(40)51-42)30-22-24-33(25-23-30)38-21-11-18-31-12-7-9-19-37(31)38/h1-29,32,39,45-46,48H,(H,49,50). The van der Waals surface area contributed by atoms with Crippen LogP contribution >= 0.6 is 0 Å². The van der Waals surface area contributed by atoms with Crippen LogP contribution in [-0.4, -0.2) is 5.84 Å². The summed E-state index contributed by atoms with van der Waals surface area (Å²) in [6.07, 6.45) is 13.0. The lowest BCUT2D eigenvalue weighted by Gasteiger charge is -2.32. The van der Waals surface area contributed by atoms with Gasteiger partial charge in [0.25, 0.3) is 0 Å². The third-order valence-corrected chi connectivity index (χ3v) is 10.5. The molecule has 10 rings (SSSR count). The van der Waals surface area contributed by atoms with Crippen molar-refractivity contribution in [3.05, 3.63) is 198 Å². The largest absolute Gasteiger partial charge is 0.460 e. The molecule has 244 valence electrons. The number of amidine groups is 1. The highest BCUT2D eigenvalue weighted by atomic mass is 16.3. The summed E-state index contributed by atoms with van der Waals surface area (Å²) in [6, 6.07) is 49.5. The van der Waals surface area contributed by atoms with Gasteiger partial charge < -0.3 is 9.73 Å². The summed E-state index contributed by atoms with van der Waals surface area (Å²) in [7, 11) is 0. The maximum absolute atomic E-state index is 6.88. The van der Waals surface area contributed by atoms with E-state index < -0.39 is 0 Å². The topological polar surface area (TPSA) is 49.6 Å². The minimum absolute atomic E-state index is 0.142. The van der Waals surface area contributed by atoms with E-state index in [4.69, 9.17) is 9.41 Å². The summed E-state index contributed by atoms with van der Waals surface area (Å²) >= 11 is 0. The van der Waals surface area contributed by atoms with E-state index in [0.29, 0.717) is 0 Å². The van der Waals surface area contributed by atoms with Gasteiger partial charge in [-0.2, -0.15) is 0 Å². The summed E-state index contributed by atoms with van der Waals surface area (Å²) in [4.78, 5) is 5.38. The number of aliphatic imine (C=N–C) groups is 1. The zero-order chi connectivity index (χ0) is 33.7. The molecular formula is C47H35N3O. The molecule has 0 spiro atoms. The average Bonchev–Trinajstić information content (AvgIpc) is 3.60. The number of hydrogen-bond donors (Lipinski definition) is 2. The highest BCUT2D eigenvalue weighted by molar-refractivity contribution is 6.13. The maximum Gasteiger partial charge on any atom is 0.136 e. The molecule has 3 aliphatic rings. The molecule has 0 fully saturated rings. The number of benzene rings is 6. The molecule has 4 heteroatoms. The van der Waals surface area contributed by atoms with E-state index in [-0.39, 0.29) is 24.2 Å². The van der Waals surface area contributed by atoms with Gasteiger partial charge in [-0.15, -0.1) is 0 Å². The Labute approximate surface area is 297 Å². The third kappa shape index (κ3) is 5.24. The monoisotopic (exact) mass is 657 g/mol. The van der Waals surface area contributed by atoms with Gasteiger partial charge in [0.2, 0.25) is 0 Å². The lowest BCUT2D eigenvalue weighted by atomic mass is 9.80. The van der Waals surface area contributed by atoms with E-state index in [0.717, 1.165) is 55.9 Å². The third-order valence-electron chi connectivity index (χ3n) is 10.5. The van der Waals surface area contributed by atoms with E-state index in [9.17, 15) is 0 Å². The van der Waals surface area contributed by atoms with E-state index in [1.165, 1.54) is 21.9 Å². The van der Waals surface area contributed by atoms with E-state index in [2.05, 4.69) is 187 Å². The molecule has 0 saturated heterocycles. The molecule has 0 bridgehead atoms. The van der Waals surface area contributed by atoms with Crippen molar-refractivity contribution in [3.63, 3.8) is 0 Å². The molecule has 2 heterocycles. The van der Waals surface area contributed by atoms with Gasteiger partial charge in [-0.25, -0.2) is 4.99 Å². The smallest absolute Gasteiger partial charge is 0.136 e. The number of furan rings is 1. The minimum Gasteiger partial charge on any atom is -0.460 e. The number of nitrogens with zero attached hydrogens (tertiary/aromatic N) is 1. The number of fused-ring (bicyclic) bond motifs is 6. The van der Waals surface area contributed by atoms with Gasteiger partial charge in [0.1, 0.15) is 29.5 Å². The Hall–Kier alpha value is -6.23. The van der Waals surface area contributed by atoms with E-state index in [1.54, 1.807) is 0 Å². The van der Waals surface area contributed by atoms with Crippen molar-refractivity contribution < 1.29 is 4.42 Å². The van der Waals surface area contributed by atoms with Gasteiger partial charge in [-0.1, -0.05) is 164 Å². The average molecular weight is 658 g/mol. The molecular weight excluding hydrogens is 623 g/mol. The molecule has 1 aromatic heterocycles. The van der Waals surface area contributed by atoms with Crippen molar-refractivity contribution in [2.45, 2.75) is 18.2 Å². The molecule has 2 aliphatic carbocycles. The first-order chi connectivity index (χ1) is 25.3. The lowest BCUT2D eigenvalue weighted by Crippen LogP contribution is -2.45. The fourth-order valence-corrected chi connectivity index (χ4v) is 7.95.